The van der Waals surface area contributed by atoms with E-state index >= 15 is 0 Å². The summed E-state index contributed by atoms with van der Waals surface area (Å²) in [6, 6.07) is 4.94. The summed E-state index contributed by atoms with van der Waals surface area (Å²) in [5, 5.41) is 9.17. The molecule has 0 saturated carbocycles. The minimum Gasteiger partial charge on any atom is -0.468 e. The molecule has 0 aromatic carbocycles. The lowest BCUT2D eigenvalue weighted by Crippen LogP contribution is -2.43. The largest absolute Gasteiger partial charge is 0.468 e. The molecule has 0 aliphatic rings. The van der Waals surface area contributed by atoms with Crippen LogP contribution in [0.15, 0.2) is 18.3 Å². The molecule has 1 aromatic heterocycles. The summed E-state index contributed by atoms with van der Waals surface area (Å²) >= 11 is 0. The maximum absolute atomic E-state index is 12.5. The molecular formula is C19H25N3O5. The van der Waals surface area contributed by atoms with Crippen molar-refractivity contribution in [2.75, 3.05) is 26.8 Å². The van der Waals surface area contributed by atoms with Gasteiger partial charge in [0, 0.05) is 37.0 Å². The molecule has 0 spiro atoms. The third-order valence-corrected chi connectivity index (χ3v) is 4.22. The van der Waals surface area contributed by atoms with Crippen LogP contribution in [0.2, 0.25) is 0 Å². The zero-order valence-electron chi connectivity index (χ0n) is 16.2. The van der Waals surface area contributed by atoms with E-state index in [1.807, 2.05) is 19.9 Å². The number of ether oxygens (including phenoxy) is 2. The number of nitrogens with zero attached hydrogens (tertiary/aromatic N) is 3. The number of nitriles is 1. The molecule has 27 heavy (non-hydrogen) atoms. The Labute approximate surface area is 159 Å². The number of carbonyl (C=O) groups excluding carboxylic acids is 3. The Morgan fingerprint density at radius 1 is 1.22 bits per heavy atom. The second kappa shape index (κ2) is 10.3. The molecule has 1 rings (SSSR count). The Morgan fingerprint density at radius 2 is 1.89 bits per heavy atom. The zero-order chi connectivity index (χ0) is 20.4. The van der Waals surface area contributed by atoms with E-state index in [4.69, 9.17) is 9.47 Å². The highest BCUT2D eigenvalue weighted by atomic mass is 16.6. The molecule has 1 heterocycles. The third-order valence-electron chi connectivity index (χ3n) is 4.22. The summed E-state index contributed by atoms with van der Waals surface area (Å²) in [6.07, 6.45) is 0.811. The number of carbonyl (C=O) groups is 3. The lowest BCUT2D eigenvalue weighted by Gasteiger charge is -2.26. The van der Waals surface area contributed by atoms with Gasteiger partial charge in [-0.3, -0.25) is 19.4 Å². The van der Waals surface area contributed by atoms with Crippen molar-refractivity contribution < 1.29 is 23.9 Å². The van der Waals surface area contributed by atoms with Crippen molar-refractivity contribution in [1.29, 1.82) is 5.26 Å². The van der Waals surface area contributed by atoms with Gasteiger partial charge in [0.25, 0.3) is 5.91 Å². The number of esters is 2. The van der Waals surface area contributed by atoms with Crippen LogP contribution >= 0.6 is 0 Å². The van der Waals surface area contributed by atoms with Gasteiger partial charge in [-0.1, -0.05) is 0 Å². The first kappa shape index (κ1) is 22.1. The van der Waals surface area contributed by atoms with Gasteiger partial charge in [-0.05, 0) is 32.9 Å². The average molecular weight is 375 g/mol. The van der Waals surface area contributed by atoms with Crippen molar-refractivity contribution in [1.82, 2.24) is 9.88 Å². The van der Waals surface area contributed by atoms with Crippen LogP contribution in [-0.4, -0.2) is 54.5 Å². The maximum Gasteiger partial charge on any atom is 0.324 e. The Hall–Kier alpha value is -2.95. The Bertz CT molecular complexity index is 724. The van der Waals surface area contributed by atoms with Crippen LogP contribution in [0.25, 0.3) is 0 Å². The lowest BCUT2D eigenvalue weighted by molar-refractivity contribution is -0.170. The normalized spacial score (nSPS) is 12.4. The summed E-state index contributed by atoms with van der Waals surface area (Å²) in [6.45, 7) is 6.51. The van der Waals surface area contributed by atoms with Crippen molar-refractivity contribution >= 4 is 17.8 Å². The molecule has 0 radical (unpaired) electrons. The smallest absolute Gasteiger partial charge is 0.324 e. The standard InChI is InChI=1S/C19H25N3O5/c1-5-22(6-2)16(23)14-8-11-21-15(12-14)13-19(9-10-20,17(24)26-4)18(25)27-7-3/h8,11-12H,5-7,9,13H2,1-4H3. The molecule has 8 heteroatoms. The molecule has 0 aliphatic carbocycles. The predicted octanol–water partition coefficient (Wildman–Crippen LogP) is 1.74. The van der Waals surface area contributed by atoms with Crippen molar-refractivity contribution in [2.24, 2.45) is 5.41 Å². The van der Waals surface area contributed by atoms with Gasteiger partial charge < -0.3 is 14.4 Å². The lowest BCUT2D eigenvalue weighted by atomic mass is 9.80. The summed E-state index contributed by atoms with van der Waals surface area (Å²) in [5.74, 6) is -1.89. The third kappa shape index (κ3) is 5.03. The monoisotopic (exact) mass is 375 g/mol. The zero-order valence-corrected chi connectivity index (χ0v) is 16.2. The second-order valence-electron chi connectivity index (χ2n) is 5.82. The van der Waals surface area contributed by atoms with E-state index in [2.05, 4.69) is 4.98 Å². The predicted molar refractivity (Wildman–Crippen MR) is 96.5 cm³/mol. The molecule has 0 saturated heterocycles. The van der Waals surface area contributed by atoms with E-state index in [1.54, 1.807) is 17.9 Å². The quantitative estimate of drug-likeness (QED) is 0.477. The molecule has 1 unspecified atom stereocenters. The highest BCUT2D eigenvalue weighted by Gasteiger charge is 2.49. The molecule has 0 aliphatic heterocycles. The van der Waals surface area contributed by atoms with Crippen LogP contribution in [0, 0.1) is 16.7 Å². The van der Waals surface area contributed by atoms with Crippen LogP contribution in [0.3, 0.4) is 0 Å². The van der Waals surface area contributed by atoms with Crippen LogP contribution in [0.4, 0.5) is 0 Å². The number of rotatable bonds is 9. The molecular weight excluding hydrogens is 350 g/mol. The number of hydrogen-bond donors (Lipinski definition) is 0. The van der Waals surface area contributed by atoms with Crippen molar-refractivity contribution in [3.05, 3.63) is 29.6 Å². The van der Waals surface area contributed by atoms with Gasteiger partial charge >= 0.3 is 11.9 Å². The Kier molecular flexibility index (Phi) is 8.39. The van der Waals surface area contributed by atoms with Gasteiger partial charge in [-0.2, -0.15) is 5.26 Å². The molecule has 146 valence electrons. The van der Waals surface area contributed by atoms with E-state index in [0.29, 0.717) is 24.3 Å². The fourth-order valence-electron chi connectivity index (χ4n) is 2.74. The van der Waals surface area contributed by atoms with Gasteiger partial charge in [0.1, 0.15) is 0 Å². The van der Waals surface area contributed by atoms with Crippen molar-refractivity contribution in [3.8, 4) is 6.07 Å². The minimum atomic E-state index is -1.83. The SMILES string of the molecule is CCOC(=O)C(CC#N)(Cc1cc(C(=O)N(CC)CC)ccn1)C(=O)OC. The van der Waals surface area contributed by atoms with E-state index in [-0.39, 0.29) is 18.9 Å². The van der Waals surface area contributed by atoms with Crippen LogP contribution < -0.4 is 0 Å². The van der Waals surface area contributed by atoms with E-state index in [9.17, 15) is 19.6 Å². The number of aromatic nitrogens is 1. The van der Waals surface area contributed by atoms with Gasteiger partial charge in [-0.25, -0.2) is 0 Å². The summed E-state index contributed by atoms with van der Waals surface area (Å²) < 4.78 is 9.78. The average Bonchev–Trinajstić information content (AvgIpc) is 2.68. The first-order chi connectivity index (χ1) is 12.9. The van der Waals surface area contributed by atoms with Gasteiger partial charge in [0.05, 0.1) is 26.2 Å². The Morgan fingerprint density at radius 3 is 2.41 bits per heavy atom. The molecule has 0 bridgehead atoms. The number of methoxy groups -OCH3 is 1. The molecule has 1 aromatic rings. The minimum absolute atomic E-state index is 0.0525. The number of pyridine rings is 1. The fourth-order valence-corrected chi connectivity index (χ4v) is 2.74. The topological polar surface area (TPSA) is 110 Å². The molecule has 8 nitrogen and oxygen atoms in total. The van der Waals surface area contributed by atoms with Crippen LogP contribution in [-0.2, 0) is 25.5 Å². The van der Waals surface area contributed by atoms with Crippen LogP contribution in [0.1, 0.15) is 43.2 Å². The van der Waals surface area contributed by atoms with Gasteiger partial charge in [-0.15, -0.1) is 0 Å². The van der Waals surface area contributed by atoms with Crippen molar-refractivity contribution in [3.63, 3.8) is 0 Å². The molecule has 1 amide bonds. The molecule has 0 N–H and O–H groups in total. The fraction of sp³-hybridized carbons (Fsp3) is 0.526. The highest BCUT2D eigenvalue weighted by Crippen LogP contribution is 2.30. The first-order valence-electron chi connectivity index (χ1n) is 8.76. The molecule has 1 atom stereocenters. The van der Waals surface area contributed by atoms with Crippen molar-refractivity contribution in [2.45, 2.75) is 33.6 Å². The maximum atomic E-state index is 12.5. The number of hydrogen-bond acceptors (Lipinski definition) is 7. The molecule has 0 fully saturated rings. The highest BCUT2D eigenvalue weighted by molar-refractivity contribution is 6.00. The van der Waals surface area contributed by atoms with Crippen LogP contribution in [0.5, 0.6) is 0 Å². The number of amides is 1. The van der Waals surface area contributed by atoms with E-state index < -0.39 is 23.8 Å². The van der Waals surface area contributed by atoms with Gasteiger partial charge in [0.15, 0.2) is 5.41 Å². The second-order valence-corrected chi connectivity index (χ2v) is 5.82. The Balaban J connectivity index is 3.31. The van der Waals surface area contributed by atoms with E-state index in [1.165, 1.54) is 12.3 Å². The summed E-state index contributed by atoms with van der Waals surface area (Å²) in [4.78, 5) is 43.2. The first-order valence-corrected chi connectivity index (χ1v) is 8.76. The van der Waals surface area contributed by atoms with Gasteiger partial charge in [0.2, 0.25) is 0 Å². The summed E-state index contributed by atoms with van der Waals surface area (Å²) in [5.41, 5.74) is -1.12. The summed E-state index contributed by atoms with van der Waals surface area (Å²) in [7, 11) is 1.14. The van der Waals surface area contributed by atoms with E-state index in [0.717, 1.165) is 7.11 Å².